The number of nitrogens with one attached hydrogen (secondary N) is 1. The molecule has 6 nitrogen and oxygen atoms in total. The molecular weight excluding hydrogens is 367 g/mol. The number of aryl methyl sites for hydroxylation is 1. The van der Waals surface area contributed by atoms with Crippen LogP contribution in [-0.4, -0.2) is 26.4 Å². The first-order chi connectivity index (χ1) is 13.1. The molecule has 4 rings (SSSR count). The molecule has 136 valence electrons. The van der Waals surface area contributed by atoms with Gasteiger partial charge in [-0.3, -0.25) is 4.79 Å². The molecule has 1 amide bonds. The largest absolute Gasteiger partial charge is 0.410 e. The molecule has 0 aliphatic carbocycles. The number of para-hydroxylation sites is 1. The summed E-state index contributed by atoms with van der Waals surface area (Å²) in [4.78, 5) is 12.0. The van der Waals surface area contributed by atoms with Crippen LogP contribution in [-0.2, 0) is 11.8 Å². The molecule has 0 fully saturated rings. The predicted molar refractivity (Wildman–Crippen MR) is 102 cm³/mol. The minimum absolute atomic E-state index is 0.0766. The predicted octanol–water partition coefficient (Wildman–Crippen LogP) is 4.10. The third-order valence-electron chi connectivity index (χ3n) is 4.01. The Morgan fingerprint density at radius 2 is 2.04 bits per heavy atom. The van der Waals surface area contributed by atoms with Gasteiger partial charge in [-0.25, -0.2) is 4.39 Å². The summed E-state index contributed by atoms with van der Waals surface area (Å²) in [5, 5.41) is 12.1. The molecule has 0 aliphatic heterocycles. The standard InChI is InChI=1S/C19H15FN4O2S/c1-24-15-8-3-2-5-12(15)9-16(24)18-22-23-19(26-18)27-11-17(25)21-14-7-4-6-13(20)10-14/h2-10H,11H2,1H3,(H,21,25). The van der Waals surface area contributed by atoms with Gasteiger partial charge in [0.05, 0.1) is 5.75 Å². The number of benzene rings is 2. The molecule has 2 heterocycles. The number of thioether (sulfide) groups is 1. The summed E-state index contributed by atoms with van der Waals surface area (Å²) in [6, 6.07) is 15.7. The summed E-state index contributed by atoms with van der Waals surface area (Å²) in [5.41, 5.74) is 2.27. The number of rotatable bonds is 5. The highest BCUT2D eigenvalue weighted by molar-refractivity contribution is 7.99. The minimum atomic E-state index is -0.406. The van der Waals surface area contributed by atoms with E-state index in [1.807, 2.05) is 41.9 Å². The number of carbonyl (C=O) groups is 1. The second kappa shape index (κ2) is 7.24. The van der Waals surface area contributed by atoms with Gasteiger partial charge in [0.25, 0.3) is 11.1 Å². The van der Waals surface area contributed by atoms with Gasteiger partial charge in [-0.15, -0.1) is 10.2 Å². The molecule has 1 N–H and O–H groups in total. The number of hydrogen-bond donors (Lipinski definition) is 1. The van der Waals surface area contributed by atoms with Gasteiger partial charge in [0.2, 0.25) is 5.91 Å². The monoisotopic (exact) mass is 382 g/mol. The van der Waals surface area contributed by atoms with Crippen molar-refractivity contribution in [2.45, 2.75) is 5.22 Å². The van der Waals surface area contributed by atoms with Crippen LogP contribution >= 0.6 is 11.8 Å². The lowest BCUT2D eigenvalue weighted by atomic mass is 10.2. The van der Waals surface area contributed by atoms with Crippen molar-refractivity contribution in [1.29, 1.82) is 0 Å². The minimum Gasteiger partial charge on any atom is -0.410 e. The smallest absolute Gasteiger partial charge is 0.277 e. The van der Waals surface area contributed by atoms with E-state index in [4.69, 9.17) is 4.42 Å². The fourth-order valence-electron chi connectivity index (χ4n) is 2.76. The van der Waals surface area contributed by atoms with Crippen molar-refractivity contribution >= 4 is 34.3 Å². The molecule has 0 atom stereocenters. The van der Waals surface area contributed by atoms with E-state index in [-0.39, 0.29) is 11.7 Å². The van der Waals surface area contributed by atoms with E-state index in [0.29, 0.717) is 16.8 Å². The van der Waals surface area contributed by atoms with E-state index >= 15 is 0 Å². The van der Waals surface area contributed by atoms with Crippen molar-refractivity contribution < 1.29 is 13.6 Å². The fraction of sp³-hybridized carbons (Fsp3) is 0.105. The summed E-state index contributed by atoms with van der Waals surface area (Å²) < 4.78 is 20.8. The average molecular weight is 382 g/mol. The van der Waals surface area contributed by atoms with Gasteiger partial charge >= 0.3 is 0 Å². The number of aromatic nitrogens is 3. The van der Waals surface area contributed by atoms with E-state index in [2.05, 4.69) is 15.5 Å². The highest BCUT2D eigenvalue weighted by Gasteiger charge is 2.15. The van der Waals surface area contributed by atoms with Crippen LogP contribution in [0.25, 0.3) is 22.5 Å². The first-order valence-corrected chi connectivity index (χ1v) is 9.15. The number of amides is 1. The van der Waals surface area contributed by atoms with Crippen LogP contribution in [0.1, 0.15) is 0 Å². The van der Waals surface area contributed by atoms with Crippen LogP contribution in [0.5, 0.6) is 0 Å². The molecule has 27 heavy (non-hydrogen) atoms. The van der Waals surface area contributed by atoms with Crippen molar-refractivity contribution in [2.75, 3.05) is 11.1 Å². The Labute approximate surface area is 158 Å². The maximum Gasteiger partial charge on any atom is 0.277 e. The number of hydrogen-bond acceptors (Lipinski definition) is 5. The highest BCUT2D eigenvalue weighted by atomic mass is 32.2. The van der Waals surface area contributed by atoms with E-state index in [1.165, 1.54) is 18.2 Å². The molecule has 0 radical (unpaired) electrons. The van der Waals surface area contributed by atoms with Gasteiger partial charge in [0.1, 0.15) is 11.5 Å². The molecule has 0 spiro atoms. The van der Waals surface area contributed by atoms with Gasteiger partial charge in [0, 0.05) is 23.6 Å². The number of carbonyl (C=O) groups excluding carboxylic acids is 1. The Morgan fingerprint density at radius 3 is 2.85 bits per heavy atom. The zero-order valence-electron chi connectivity index (χ0n) is 14.3. The Kier molecular flexibility index (Phi) is 4.64. The Hall–Kier alpha value is -3.13. The lowest BCUT2D eigenvalue weighted by molar-refractivity contribution is -0.113. The van der Waals surface area contributed by atoms with Crippen LogP contribution in [0.2, 0.25) is 0 Å². The lowest BCUT2D eigenvalue weighted by Crippen LogP contribution is -2.14. The number of anilines is 1. The topological polar surface area (TPSA) is 73.0 Å². The maximum atomic E-state index is 13.2. The van der Waals surface area contributed by atoms with Gasteiger partial charge < -0.3 is 14.3 Å². The van der Waals surface area contributed by atoms with Gasteiger partial charge in [0.15, 0.2) is 0 Å². The number of halogens is 1. The third-order valence-corrected chi connectivity index (χ3v) is 4.83. The first-order valence-electron chi connectivity index (χ1n) is 8.17. The Morgan fingerprint density at radius 1 is 1.19 bits per heavy atom. The molecule has 0 bridgehead atoms. The highest BCUT2D eigenvalue weighted by Crippen LogP contribution is 2.28. The normalized spacial score (nSPS) is 11.0. The first kappa shape index (κ1) is 17.3. The van der Waals surface area contributed by atoms with Gasteiger partial charge in [-0.05, 0) is 30.3 Å². The van der Waals surface area contributed by atoms with Crippen LogP contribution in [0.4, 0.5) is 10.1 Å². The van der Waals surface area contributed by atoms with Crippen molar-refractivity contribution in [3.63, 3.8) is 0 Å². The Bertz CT molecular complexity index is 1120. The fourth-order valence-corrected chi connectivity index (χ4v) is 3.32. The molecule has 0 unspecified atom stereocenters. The molecule has 0 saturated carbocycles. The van der Waals surface area contributed by atoms with Crippen LogP contribution in [0.3, 0.4) is 0 Å². The van der Waals surface area contributed by atoms with Crippen molar-refractivity contribution in [3.8, 4) is 11.6 Å². The molecule has 4 aromatic rings. The average Bonchev–Trinajstić information content (AvgIpc) is 3.25. The summed E-state index contributed by atoms with van der Waals surface area (Å²) in [7, 11) is 1.93. The second-order valence-corrected chi connectivity index (χ2v) is 6.79. The molecule has 0 saturated heterocycles. The molecule has 0 aliphatic rings. The van der Waals surface area contributed by atoms with Crippen molar-refractivity contribution in [3.05, 3.63) is 60.4 Å². The molecule has 2 aromatic carbocycles. The van der Waals surface area contributed by atoms with E-state index in [1.54, 1.807) is 6.07 Å². The van der Waals surface area contributed by atoms with Gasteiger partial charge in [-0.2, -0.15) is 0 Å². The lowest BCUT2D eigenvalue weighted by Gasteiger charge is -2.03. The zero-order valence-corrected chi connectivity index (χ0v) is 15.2. The van der Waals surface area contributed by atoms with Gasteiger partial charge in [-0.1, -0.05) is 36.0 Å². The van der Waals surface area contributed by atoms with E-state index in [0.717, 1.165) is 28.4 Å². The number of fused-ring (bicyclic) bond motifs is 1. The van der Waals surface area contributed by atoms with E-state index in [9.17, 15) is 9.18 Å². The SMILES string of the molecule is Cn1c(-c2nnc(SCC(=O)Nc3cccc(F)c3)o2)cc2ccccc21. The summed E-state index contributed by atoms with van der Waals surface area (Å²) >= 11 is 1.12. The second-order valence-electron chi connectivity index (χ2n) is 5.87. The van der Waals surface area contributed by atoms with Crippen LogP contribution in [0, 0.1) is 5.82 Å². The molecular formula is C19H15FN4O2S. The maximum absolute atomic E-state index is 13.2. The Balaban J connectivity index is 1.43. The summed E-state index contributed by atoms with van der Waals surface area (Å²) in [6.45, 7) is 0. The molecule has 2 aromatic heterocycles. The molecule has 8 heteroatoms. The number of nitrogens with zero attached hydrogens (tertiary/aromatic N) is 3. The van der Waals surface area contributed by atoms with Crippen molar-refractivity contribution in [1.82, 2.24) is 14.8 Å². The summed E-state index contributed by atoms with van der Waals surface area (Å²) in [5.74, 6) is -0.221. The third kappa shape index (κ3) is 3.70. The van der Waals surface area contributed by atoms with Crippen LogP contribution in [0.15, 0.2) is 64.2 Å². The quantitative estimate of drug-likeness (QED) is 0.526. The summed E-state index contributed by atoms with van der Waals surface area (Å²) in [6.07, 6.45) is 0. The van der Waals surface area contributed by atoms with Crippen LogP contribution < -0.4 is 5.32 Å². The zero-order chi connectivity index (χ0) is 18.8. The van der Waals surface area contributed by atoms with Crippen molar-refractivity contribution in [2.24, 2.45) is 7.05 Å². The van der Waals surface area contributed by atoms with E-state index < -0.39 is 5.82 Å².